The topological polar surface area (TPSA) is 49.3 Å². The van der Waals surface area contributed by atoms with E-state index in [4.69, 9.17) is 0 Å². The molecule has 5 rings (SSSR count). The van der Waals surface area contributed by atoms with Crippen molar-refractivity contribution in [2.75, 3.05) is 5.32 Å². The molecule has 0 amide bonds. The van der Waals surface area contributed by atoms with Crippen LogP contribution in [0.5, 0.6) is 5.75 Å². The summed E-state index contributed by atoms with van der Waals surface area (Å²) in [5.74, 6) is 0.332. The molecule has 0 bridgehead atoms. The second kappa shape index (κ2) is 5.96. The third-order valence-corrected chi connectivity index (χ3v) is 5.98. The summed E-state index contributed by atoms with van der Waals surface area (Å²) in [5, 5.41) is 15.7. The highest BCUT2D eigenvalue weighted by atomic mass is 16.3. The van der Waals surface area contributed by atoms with Crippen LogP contribution < -0.4 is 5.32 Å². The number of carbonyl (C=O) groups excluding carboxylic acids is 1. The van der Waals surface area contributed by atoms with Gasteiger partial charge in [-0.25, -0.2) is 0 Å². The minimum Gasteiger partial charge on any atom is -0.508 e. The van der Waals surface area contributed by atoms with E-state index in [1.165, 1.54) is 5.39 Å². The number of fused-ring (bicyclic) bond motifs is 3. The Morgan fingerprint density at radius 3 is 2.50 bits per heavy atom. The molecule has 2 N–H and O–H groups in total. The third kappa shape index (κ3) is 2.62. The molecule has 1 aliphatic heterocycles. The summed E-state index contributed by atoms with van der Waals surface area (Å²) in [6.07, 6.45) is 1.41. The van der Waals surface area contributed by atoms with Gasteiger partial charge in [0, 0.05) is 29.3 Å². The lowest BCUT2D eigenvalue weighted by molar-refractivity contribution is -0.118. The number of anilines is 1. The molecule has 3 nitrogen and oxygen atoms in total. The lowest BCUT2D eigenvalue weighted by Crippen LogP contribution is -2.33. The molecule has 3 aromatic carbocycles. The number of phenolic OH excluding ortho intramolecular Hbond substituents is 1. The summed E-state index contributed by atoms with van der Waals surface area (Å²) in [5.41, 5.74) is 5.14. The van der Waals surface area contributed by atoms with Crippen molar-refractivity contribution in [2.45, 2.75) is 32.6 Å². The van der Waals surface area contributed by atoms with Crippen molar-refractivity contribution in [3.63, 3.8) is 0 Å². The Kier molecular flexibility index (Phi) is 3.63. The highest BCUT2D eigenvalue weighted by Crippen LogP contribution is 2.50. The van der Waals surface area contributed by atoms with Crippen LogP contribution in [-0.4, -0.2) is 10.9 Å². The molecule has 0 unspecified atom stereocenters. The molecule has 2 aliphatic rings. The van der Waals surface area contributed by atoms with Crippen molar-refractivity contribution in [2.24, 2.45) is 5.41 Å². The highest BCUT2D eigenvalue weighted by molar-refractivity contribution is 6.04. The molecule has 28 heavy (non-hydrogen) atoms. The predicted octanol–water partition coefficient (Wildman–Crippen LogP) is 5.75. The number of aromatic hydroxyl groups is 1. The number of hydrogen-bond donors (Lipinski definition) is 2. The first-order chi connectivity index (χ1) is 13.4. The SMILES string of the molecule is CC1(C)CC(=O)C2=C(C1)Nc1ccc3ccccc3c1[C@@H]2c1ccc(O)cc1. The zero-order valence-corrected chi connectivity index (χ0v) is 16.1. The number of benzene rings is 3. The van der Waals surface area contributed by atoms with Gasteiger partial charge in [0.2, 0.25) is 0 Å². The maximum absolute atomic E-state index is 13.3. The first-order valence-corrected chi connectivity index (χ1v) is 9.77. The Balaban J connectivity index is 1.81. The number of rotatable bonds is 1. The van der Waals surface area contributed by atoms with Crippen molar-refractivity contribution < 1.29 is 9.90 Å². The average Bonchev–Trinajstić information content (AvgIpc) is 2.66. The van der Waals surface area contributed by atoms with Crippen LogP contribution in [0.2, 0.25) is 0 Å². The number of nitrogens with one attached hydrogen (secondary N) is 1. The Bertz CT molecular complexity index is 1140. The lowest BCUT2D eigenvalue weighted by atomic mass is 9.68. The fraction of sp³-hybridized carbons (Fsp3) is 0.240. The second-order valence-electron chi connectivity index (χ2n) is 8.73. The molecule has 1 aliphatic carbocycles. The summed E-state index contributed by atoms with van der Waals surface area (Å²) in [7, 11) is 0. The molecule has 0 saturated carbocycles. The van der Waals surface area contributed by atoms with Crippen LogP contribution in [-0.2, 0) is 4.79 Å². The van der Waals surface area contributed by atoms with Gasteiger partial charge in [-0.15, -0.1) is 0 Å². The molecular weight excluding hydrogens is 346 g/mol. The molecule has 0 radical (unpaired) electrons. The van der Waals surface area contributed by atoms with Gasteiger partial charge in [0.1, 0.15) is 5.75 Å². The van der Waals surface area contributed by atoms with Crippen LogP contribution in [0, 0.1) is 5.41 Å². The van der Waals surface area contributed by atoms with E-state index in [-0.39, 0.29) is 22.9 Å². The van der Waals surface area contributed by atoms with Crippen molar-refractivity contribution >= 4 is 22.2 Å². The molecular formula is C25H23NO2. The number of hydrogen-bond acceptors (Lipinski definition) is 3. The molecule has 1 heterocycles. The van der Waals surface area contributed by atoms with Gasteiger partial charge in [-0.3, -0.25) is 4.79 Å². The van der Waals surface area contributed by atoms with E-state index in [0.717, 1.165) is 39.9 Å². The number of allylic oxidation sites excluding steroid dienone is 2. The third-order valence-electron chi connectivity index (χ3n) is 5.98. The van der Waals surface area contributed by atoms with E-state index in [1.807, 2.05) is 24.3 Å². The Morgan fingerprint density at radius 2 is 1.71 bits per heavy atom. The summed E-state index contributed by atoms with van der Waals surface area (Å²) >= 11 is 0. The summed E-state index contributed by atoms with van der Waals surface area (Å²) in [4.78, 5) is 13.3. The predicted molar refractivity (Wildman–Crippen MR) is 113 cm³/mol. The van der Waals surface area contributed by atoms with Gasteiger partial charge in [0.25, 0.3) is 0 Å². The molecule has 140 valence electrons. The minimum atomic E-state index is -0.124. The van der Waals surface area contributed by atoms with Gasteiger partial charge in [0.15, 0.2) is 5.78 Å². The van der Waals surface area contributed by atoms with Crippen LogP contribution in [0.15, 0.2) is 71.9 Å². The van der Waals surface area contributed by atoms with Crippen molar-refractivity contribution in [1.82, 2.24) is 0 Å². The quantitative estimate of drug-likeness (QED) is 0.574. The van der Waals surface area contributed by atoms with Crippen LogP contribution in [0.1, 0.15) is 43.7 Å². The highest BCUT2D eigenvalue weighted by Gasteiger charge is 2.41. The molecule has 0 aromatic heterocycles. The minimum absolute atomic E-state index is 0.0449. The summed E-state index contributed by atoms with van der Waals surface area (Å²) in [6, 6.07) is 19.9. The van der Waals surface area contributed by atoms with Gasteiger partial charge in [-0.05, 0) is 51.9 Å². The number of carbonyl (C=O) groups is 1. The van der Waals surface area contributed by atoms with Crippen LogP contribution in [0.4, 0.5) is 5.69 Å². The zero-order valence-electron chi connectivity index (χ0n) is 16.1. The average molecular weight is 369 g/mol. The normalized spacial score (nSPS) is 20.5. The lowest BCUT2D eigenvalue weighted by Gasteiger charge is -2.40. The molecule has 3 heteroatoms. The van der Waals surface area contributed by atoms with Crippen molar-refractivity contribution in [3.8, 4) is 5.75 Å². The number of phenols is 1. The van der Waals surface area contributed by atoms with Gasteiger partial charge >= 0.3 is 0 Å². The van der Waals surface area contributed by atoms with E-state index in [0.29, 0.717) is 6.42 Å². The molecule has 0 fully saturated rings. The largest absolute Gasteiger partial charge is 0.508 e. The standard InChI is InChI=1S/C25H23NO2/c1-25(2)13-20-24(21(28)14-25)22(16-7-10-17(27)11-8-16)23-18-6-4-3-5-15(18)9-12-19(23)26-20/h3-12,22,26-27H,13-14H2,1-2H3/t22-/m0/s1. The first-order valence-electron chi connectivity index (χ1n) is 9.77. The second-order valence-corrected chi connectivity index (χ2v) is 8.73. The first kappa shape index (κ1) is 17.1. The molecule has 3 aromatic rings. The molecule has 0 saturated heterocycles. The van der Waals surface area contributed by atoms with Crippen molar-refractivity contribution in [1.29, 1.82) is 0 Å². The van der Waals surface area contributed by atoms with Gasteiger partial charge in [-0.2, -0.15) is 0 Å². The van der Waals surface area contributed by atoms with E-state index in [1.54, 1.807) is 12.1 Å². The fourth-order valence-electron chi connectivity index (χ4n) is 4.80. The maximum Gasteiger partial charge on any atom is 0.162 e. The van der Waals surface area contributed by atoms with E-state index in [2.05, 4.69) is 43.4 Å². The Hall–Kier alpha value is -3.07. The van der Waals surface area contributed by atoms with Gasteiger partial charge in [0.05, 0.1) is 0 Å². The molecule has 0 spiro atoms. The van der Waals surface area contributed by atoms with E-state index < -0.39 is 0 Å². The van der Waals surface area contributed by atoms with Gasteiger partial charge in [-0.1, -0.05) is 56.3 Å². The smallest absolute Gasteiger partial charge is 0.162 e. The maximum atomic E-state index is 13.3. The monoisotopic (exact) mass is 369 g/mol. The fourth-order valence-corrected chi connectivity index (χ4v) is 4.80. The Morgan fingerprint density at radius 1 is 0.964 bits per heavy atom. The Labute approximate surface area is 164 Å². The number of ketones is 1. The van der Waals surface area contributed by atoms with Crippen molar-refractivity contribution in [3.05, 3.63) is 83.1 Å². The van der Waals surface area contributed by atoms with Crippen LogP contribution in [0.3, 0.4) is 0 Å². The van der Waals surface area contributed by atoms with Gasteiger partial charge < -0.3 is 10.4 Å². The van der Waals surface area contributed by atoms with Crippen LogP contribution in [0.25, 0.3) is 10.8 Å². The van der Waals surface area contributed by atoms with E-state index in [9.17, 15) is 9.90 Å². The zero-order chi connectivity index (χ0) is 19.5. The van der Waals surface area contributed by atoms with E-state index >= 15 is 0 Å². The summed E-state index contributed by atoms with van der Waals surface area (Å²) < 4.78 is 0. The number of Topliss-reactive ketones (excluding diaryl/α,β-unsaturated/α-hetero) is 1. The molecule has 1 atom stereocenters. The summed E-state index contributed by atoms with van der Waals surface area (Å²) in [6.45, 7) is 4.31. The van der Waals surface area contributed by atoms with Crippen LogP contribution >= 0.6 is 0 Å².